The molecule has 0 aromatic heterocycles. The van der Waals surface area contributed by atoms with Crippen LogP contribution in [0.1, 0.15) is 168 Å². The van der Waals surface area contributed by atoms with E-state index in [1.54, 1.807) is 0 Å². The molecule has 3 N–H and O–H groups in total. The molecule has 0 saturated heterocycles. The molecule has 0 unspecified atom stereocenters. The van der Waals surface area contributed by atoms with E-state index >= 15 is 0 Å². The predicted molar refractivity (Wildman–Crippen MR) is 147 cm³/mol. The summed E-state index contributed by atoms with van der Waals surface area (Å²) in [4.78, 5) is 12.1. The average Bonchev–Trinajstić information content (AvgIpc) is 2.84. The third-order valence-corrected chi connectivity index (χ3v) is 7.12. The number of amides is 1. The third-order valence-electron chi connectivity index (χ3n) is 7.12. The van der Waals surface area contributed by atoms with Crippen molar-refractivity contribution in [1.29, 1.82) is 0 Å². The first-order valence-electron chi connectivity index (χ1n) is 15.2. The van der Waals surface area contributed by atoms with Gasteiger partial charge in [0.25, 0.3) is 0 Å². The average molecular weight is 484 g/mol. The monoisotopic (exact) mass is 483 g/mol. The van der Waals surface area contributed by atoms with Crippen LogP contribution in [0.3, 0.4) is 0 Å². The quantitative estimate of drug-likeness (QED) is 0.103. The van der Waals surface area contributed by atoms with Crippen LogP contribution >= 0.6 is 0 Å². The normalized spacial score (nSPS) is 13.2. The van der Waals surface area contributed by atoms with E-state index in [-0.39, 0.29) is 12.5 Å². The molecule has 204 valence electrons. The van der Waals surface area contributed by atoms with Crippen molar-refractivity contribution in [3.05, 3.63) is 0 Å². The summed E-state index contributed by atoms with van der Waals surface area (Å²) in [6.07, 6.45) is 28.7. The van der Waals surface area contributed by atoms with Crippen molar-refractivity contribution in [2.75, 3.05) is 6.61 Å². The number of aliphatic hydroxyl groups is 2. The fourth-order valence-corrected chi connectivity index (χ4v) is 4.71. The van der Waals surface area contributed by atoms with E-state index in [4.69, 9.17) is 0 Å². The molecule has 0 aliphatic heterocycles. The highest BCUT2D eigenvalue weighted by atomic mass is 16.3. The number of unbranched alkanes of at least 4 members (excludes halogenated alkanes) is 20. The Hall–Kier alpha value is -0.610. The van der Waals surface area contributed by atoms with Crippen LogP contribution in [0.2, 0.25) is 0 Å². The number of hydrogen-bond donors (Lipinski definition) is 3. The molecule has 4 heteroatoms. The summed E-state index contributed by atoms with van der Waals surface area (Å²) < 4.78 is 0. The molecule has 0 radical (unpaired) electrons. The van der Waals surface area contributed by atoms with Gasteiger partial charge in [-0.3, -0.25) is 4.79 Å². The van der Waals surface area contributed by atoms with Crippen LogP contribution in [0.4, 0.5) is 0 Å². The summed E-state index contributed by atoms with van der Waals surface area (Å²) in [5, 5.41) is 22.8. The van der Waals surface area contributed by atoms with Gasteiger partial charge in [0.1, 0.15) is 0 Å². The molecule has 4 nitrogen and oxygen atoms in total. The van der Waals surface area contributed by atoms with Gasteiger partial charge in [-0.15, -0.1) is 0 Å². The molecule has 0 aromatic carbocycles. The minimum absolute atomic E-state index is 0.0387. The summed E-state index contributed by atoms with van der Waals surface area (Å²) in [6, 6.07) is -0.524. The maximum Gasteiger partial charge on any atom is 0.220 e. The van der Waals surface area contributed by atoms with Crippen molar-refractivity contribution in [2.45, 2.75) is 180 Å². The van der Waals surface area contributed by atoms with Crippen molar-refractivity contribution in [3.63, 3.8) is 0 Å². The molecule has 0 bridgehead atoms. The van der Waals surface area contributed by atoms with Gasteiger partial charge < -0.3 is 15.5 Å². The van der Waals surface area contributed by atoms with Crippen molar-refractivity contribution in [1.82, 2.24) is 5.32 Å². The number of rotatable bonds is 27. The third kappa shape index (κ3) is 23.1. The molecule has 0 heterocycles. The lowest BCUT2D eigenvalue weighted by atomic mass is 10.0. The smallest absolute Gasteiger partial charge is 0.220 e. The van der Waals surface area contributed by atoms with E-state index in [9.17, 15) is 15.0 Å². The van der Waals surface area contributed by atoms with Gasteiger partial charge in [-0.2, -0.15) is 0 Å². The van der Waals surface area contributed by atoms with Gasteiger partial charge in [0.2, 0.25) is 5.91 Å². The number of hydrogen-bond acceptors (Lipinski definition) is 3. The van der Waals surface area contributed by atoms with E-state index in [1.807, 2.05) is 0 Å². The highest BCUT2D eigenvalue weighted by Crippen LogP contribution is 2.15. The molecule has 1 amide bonds. The van der Waals surface area contributed by atoms with Gasteiger partial charge in [0, 0.05) is 6.42 Å². The van der Waals surface area contributed by atoms with Crippen LogP contribution < -0.4 is 5.32 Å². The molecule has 0 fully saturated rings. The summed E-state index contributed by atoms with van der Waals surface area (Å²) in [7, 11) is 0. The fraction of sp³-hybridized carbons (Fsp3) is 0.967. The second kappa shape index (κ2) is 27.0. The van der Waals surface area contributed by atoms with Crippen molar-refractivity contribution in [3.8, 4) is 0 Å². The maximum absolute atomic E-state index is 12.1. The zero-order chi connectivity index (χ0) is 25.1. The lowest BCUT2D eigenvalue weighted by Gasteiger charge is -2.22. The Morgan fingerprint density at radius 3 is 1.32 bits per heavy atom. The van der Waals surface area contributed by atoms with Crippen LogP contribution in [0.5, 0.6) is 0 Å². The topological polar surface area (TPSA) is 69.6 Å². The maximum atomic E-state index is 12.1. The highest BCUT2D eigenvalue weighted by Gasteiger charge is 2.19. The van der Waals surface area contributed by atoms with Crippen LogP contribution in [0.25, 0.3) is 0 Å². The number of carbonyl (C=O) groups excluding carboxylic acids is 1. The molecule has 0 aliphatic rings. The van der Waals surface area contributed by atoms with E-state index in [0.29, 0.717) is 12.8 Å². The summed E-state index contributed by atoms with van der Waals surface area (Å²) in [5.41, 5.74) is 0. The van der Waals surface area contributed by atoms with E-state index in [1.165, 1.54) is 116 Å². The van der Waals surface area contributed by atoms with Gasteiger partial charge in [0.15, 0.2) is 0 Å². The Bertz CT molecular complexity index is 416. The standard InChI is InChI=1S/C30H61NO3/c1-3-5-7-9-11-12-13-14-15-16-17-18-20-21-23-25-29(33)28(27-32)31-30(34)26-24-22-19-10-8-6-4-2/h28-29,32-33H,3-27H2,1-2H3,(H,31,34)/t28-,29+/m0/s1. The Kier molecular flexibility index (Phi) is 26.5. The fourth-order valence-electron chi connectivity index (χ4n) is 4.71. The molecule has 0 rings (SSSR count). The molecule has 34 heavy (non-hydrogen) atoms. The summed E-state index contributed by atoms with van der Waals surface area (Å²) in [6.45, 7) is 4.30. The van der Waals surface area contributed by atoms with E-state index in [0.717, 1.165) is 25.7 Å². The highest BCUT2D eigenvalue weighted by molar-refractivity contribution is 5.76. The molecule has 0 saturated carbocycles. The summed E-state index contributed by atoms with van der Waals surface area (Å²) in [5.74, 6) is -0.0387. The first-order chi connectivity index (χ1) is 16.7. The predicted octanol–water partition coefficient (Wildman–Crippen LogP) is 8.23. The Morgan fingerprint density at radius 1 is 0.588 bits per heavy atom. The first kappa shape index (κ1) is 33.4. The SMILES string of the molecule is CCCCCCCCCCCCCCCCC[C@@H](O)[C@H](CO)NC(=O)CCCCCCCCC. The van der Waals surface area contributed by atoms with Crippen LogP contribution in [0, 0.1) is 0 Å². The lowest BCUT2D eigenvalue weighted by Crippen LogP contribution is -2.45. The minimum atomic E-state index is -0.648. The van der Waals surface area contributed by atoms with Crippen LogP contribution in [0.15, 0.2) is 0 Å². The van der Waals surface area contributed by atoms with E-state index < -0.39 is 12.1 Å². The molecule has 2 atom stereocenters. The Labute approximate surface area is 213 Å². The van der Waals surface area contributed by atoms with Gasteiger partial charge in [-0.1, -0.05) is 149 Å². The molecular formula is C30H61NO3. The first-order valence-corrected chi connectivity index (χ1v) is 15.2. The zero-order valence-electron chi connectivity index (χ0n) is 23.1. The van der Waals surface area contributed by atoms with Crippen molar-refractivity contribution < 1.29 is 15.0 Å². The number of nitrogens with one attached hydrogen (secondary N) is 1. The molecular weight excluding hydrogens is 422 g/mol. The zero-order valence-corrected chi connectivity index (χ0v) is 23.1. The Balaban J connectivity index is 3.54. The number of carbonyl (C=O) groups is 1. The minimum Gasteiger partial charge on any atom is -0.394 e. The van der Waals surface area contributed by atoms with Crippen LogP contribution in [-0.2, 0) is 4.79 Å². The summed E-state index contributed by atoms with van der Waals surface area (Å²) >= 11 is 0. The molecule has 0 aromatic rings. The van der Waals surface area contributed by atoms with Crippen LogP contribution in [-0.4, -0.2) is 34.9 Å². The van der Waals surface area contributed by atoms with Gasteiger partial charge in [0.05, 0.1) is 18.8 Å². The van der Waals surface area contributed by atoms with Crippen molar-refractivity contribution in [2.24, 2.45) is 0 Å². The van der Waals surface area contributed by atoms with Gasteiger partial charge in [-0.25, -0.2) is 0 Å². The van der Waals surface area contributed by atoms with Crippen molar-refractivity contribution >= 4 is 5.91 Å². The second-order valence-corrected chi connectivity index (χ2v) is 10.5. The molecule has 0 spiro atoms. The van der Waals surface area contributed by atoms with Gasteiger partial charge in [-0.05, 0) is 12.8 Å². The lowest BCUT2D eigenvalue weighted by molar-refractivity contribution is -0.123. The molecule has 0 aliphatic carbocycles. The number of aliphatic hydroxyl groups excluding tert-OH is 2. The Morgan fingerprint density at radius 2 is 0.941 bits per heavy atom. The second-order valence-electron chi connectivity index (χ2n) is 10.5. The van der Waals surface area contributed by atoms with Gasteiger partial charge >= 0.3 is 0 Å². The largest absolute Gasteiger partial charge is 0.394 e. The van der Waals surface area contributed by atoms with E-state index in [2.05, 4.69) is 19.2 Å².